The van der Waals surface area contributed by atoms with Crippen LogP contribution >= 0.6 is 15.9 Å². The minimum atomic E-state index is 0.599. The lowest BCUT2D eigenvalue weighted by Gasteiger charge is -2.10. The van der Waals surface area contributed by atoms with Crippen LogP contribution in [0.1, 0.15) is 24.5 Å². The number of hydrogen-bond donors (Lipinski definition) is 0. The number of halogens is 1. The Balaban J connectivity index is 2.33. The lowest BCUT2D eigenvalue weighted by atomic mass is 10.0. The molecule has 0 fully saturated rings. The second kappa shape index (κ2) is 8.40. The van der Waals surface area contributed by atoms with Crippen LogP contribution in [0.5, 0.6) is 11.5 Å². The summed E-state index contributed by atoms with van der Waals surface area (Å²) in [6.07, 6.45) is 2.78. The number of methoxy groups -OCH3 is 1. The number of nitriles is 1. The highest BCUT2D eigenvalue weighted by molar-refractivity contribution is 9.10. The molecule has 0 radical (unpaired) electrons. The Morgan fingerprint density at radius 3 is 2.52 bits per heavy atom. The Kier molecular flexibility index (Phi) is 6.25. The minimum absolute atomic E-state index is 0.599. The van der Waals surface area contributed by atoms with Crippen LogP contribution in [0.15, 0.2) is 46.9 Å². The summed E-state index contributed by atoms with van der Waals surface area (Å²) < 4.78 is 12.0. The first kappa shape index (κ1) is 17.1. The molecule has 23 heavy (non-hydrogen) atoms. The second-order valence-corrected chi connectivity index (χ2v) is 5.85. The molecule has 0 bridgehead atoms. The van der Waals surface area contributed by atoms with Gasteiger partial charge in [0, 0.05) is 4.47 Å². The lowest BCUT2D eigenvalue weighted by Crippen LogP contribution is -1.97. The van der Waals surface area contributed by atoms with E-state index in [1.54, 1.807) is 7.11 Å². The molecule has 118 valence electrons. The van der Waals surface area contributed by atoms with Crippen molar-refractivity contribution in [1.29, 1.82) is 5.26 Å². The predicted molar refractivity (Wildman–Crippen MR) is 96.4 cm³/mol. The van der Waals surface area contributed by atoms with Gasteiger partial charge in [-0.1, -0.05) is 41.1 Å². The van der Waals surface area contributed by atoms with Crippen LogP contribution in [-0.4, -0.2) is 13.7 Å². The third-order valence-electron chi connectivity index (χ3n) is 3.24. The molecular weight excluding hydrogens is 354 g/mol. The molecule has 0 aliphatic carbocycles. The highest BCUT2D eigenvalue weighted by Gasteiger charge is 2.06. The van der Waals surface area contributed by atoms with Crippen LogP contribution in [0.2, 0.25) is 0 Å². The Labute approximate surface area is 145 Å². The summed E-state index contributed by atoms with van der Waals surface area (Å²) in [7, 11) is 1.61. The van der Waals surface area contributed by atoms with E-state index in [-0.39, 0.29) is 0 Å². The summed E-state index contributed by atoms with van der Waals surface area (Å²) >= 11 is 3.40. The molecule has 4 heteroatoms. The quantitative estimate of drug-likeness (QED) is 0.510. The number of allylic oxidation sites excluding steroid dienone is 1. The predicted octanol–water partition coefficient (Wildman–Crippen LogP) is 5.31. The SMILES string of the molecule is CCCOc1ccc(/C=C(\C#N)c2ccc(Br)cc2)cc1OC. The monoisotopic (exact) mass is 371 g/mol. The van der Waals surface area contributed by atoms with E-state index in [9.17, 15) is 5.26 Å². The largest absolute Gasteiger partial charge is 0.493 e. The van der Waals surface area contributed by atoms with E-state index >= 15 is 0 Å². The molecular formula is C19H18BrNO2. The summed E-state index contributed by atoms with van der Waals surface area (Å²) in [5.41, 5.74) is 2.37. The van der Waals surface area contributed by atoms with Gasteiger partial charge in [-0.2, -0.15) is 5.26 Å². The van der Waals surface area contributed by atoms with Gasteiger partial charge in [0.2, 0.25) is 0 Å². The molecule has 0 saturated carbocycles. The fourth-order valence-corrected chi connectivity index (χ4v) is 2.35. The van der Waals surface area contributed by atoms with Gasteiger partial charge in [-0.3, -0.25) is 0 Å². The Bertz CT molecular complexity index is 730. The molecule has 3 nitrogen and oxygen atoms in total. The van der Waals surface area contributed by atoms with Crippen LogP contribution in [0.3, 0.4) is 0 Å². The van der Waals surface area contributed by atoms with Crippen molar-refractivity contribution in [2.24, 2.45) is 0 Å². The van der Waals surface area contributed by atoms with Crippen LogP contribution < -0.4 is 9.47 Å². The third kappa shape index (κ3) is 4.61. The van der Waals surface area contributed by atoms with Crippen molar-refractivity contribution in [2.75, 3.05) is 13.7 Å². The fraction of sp³-hybridized carbons (Fsp3) is 0.211. The maximum atomic E-state index is 9.42. The number of ether oxygens (including phenoxy) is 2. The lowest BCUT2D eigenvalue weighted by molar-refractivity contribution is 0.294. The van der Waals surface area contributed by atoms with E-state index < -0.39 is 0 Å². The highest BCUT2D eigenvalue weighted by Crippen LogP contribution is 2.30. The smallest absolute Gasteiger partial charge is 0.161 e. The summed E-state index contributed by atoms with van der Waals surface area (Å²) in [4.78, 5) is 0. The number of rotatable bonds is 6. The van der Waals surface area contributed by atoms with Crippen LogP contribution in [0.25, 0.3) is 11.6 Å². The van der Waals surface area contributed by atoms with Crippen molar-refractivity contribution < 1.29 is 9.47 Å². The molecule has 0 atom stereocenters. The van der Waals surface area contributed by atoms with Crippen molar-refractivity contribution in [3.05, 3.63) is 58.1 Å². The molecule has 0 aliphatic rings. The van der Waals surface area contributed by atoms with Crippen molar-refractivity contribution in [2.45, 2.75) is 13.3 Å². The molecule has 0 aromatic heterocycles. The molecule has 0 N–H and O–H groups in total. The molecule has 0 saturated heterocycles. The molecule has 0 aliphatic heterocycles. The van der Waals surface area contributed by atoms with Crippen LogP contribution in [0.4, 0.5) is 0 Å². The van der Waals surface area contributed by atoms with E-state index in [0.29, 0.717) is 23.7 Å². The molecule has 0 unspecified atom stereocenters. The molecule has 0 heterocycles. The molecule has 0 spiro atoms. The average Bonchev–Trinajstić information content (AvgIpc) is 2.59. The molecule has 2 aromatic rings. The summed E-state index contributed by atoms with van der Waals surface area (Å²) in [6, 6.07) is 15.6. The zero-order valence-electron chi connectivity index (χ0n) is 13.2. The third-order valence-corrected chi connectivity index (χ3v) is 3.76. The Morgan fingerprint density at radius 2 is 1.91 bits per heavy atom. The first-order valence-corrected chi connectivity index (χ1v) is 8.15. The Hall–Kier alpha value is -2.25. The normalized spacial score (nSPS) is 11.0. The summed E-state index contributed by atoms with van der Waals surface area (Å²) in [6.45, 7) is 2.70. The van der Waals surface area contributed by atoms with Gasteiger partial charge in [-0.25, -0.2) is 0 Å². The maximum absolute atomic E-state index is 9.42. The second-order valence-electron chi connectivity index (χ2n) is 4.94. The van der Waals surface area contributed by atoms with E-state index in [1.807, 2.05) is 48.5 Å². The maximum Gasteiger partial charge on any atom is 0.161 e. The van der Waals surface area contributed by atoms with Crippen molar-refractivity contribution in [3.63, 3.8) is 0 Å². The summed E-state index contributed by atoms with van der Waals surface area (Å²) in [5.74, 6) is 1.38. The minimum Gasteiger partial charge on any atom is -0.493 e. The fourth-order valence-electron chi connectivity index (χ4n) is 2.08. The average molecular weight is 372 g/mol. The number of benzene rings is 2. The van der Waals surface area contributed by atoms with E-state index in [4.69, 9.17) is 9.47 Å². The van der Waals surface area contributed by atoms with Gasteiger partial charge in [-0.15, -0.1) is 0 Å². The zero-order valence-corrected chi connectivity index (χ0v) is 14.8. The van der Waals surface area contributed by atoms with Gasteiger partial charge < -0.3 is 9.47 Å². The van der Waals surface area contributed by atoms with Crippen molar-refractivity contribution >= 4 is 27.6 Å². The summed E-state index contributed by atoms with van der Waals surface area (Å²) in [5, 5.41) is 9.42. The van der Waals surface area contributed by atoms with Gasteiger partial charge in [0.25, 0.3) is 0 Å². The van der Waals surface area contributed by atoms with Gasteiger partial charge in [0.1, 0.15) is 0 Å². The molecule has 2 aromatic carbocycles. The topological polar surface area (TPSA) is 42.2 Å². The Morgan fingerprint density at radius 1 is 1.17 bits per heavy atom. The van der Waals surface area contributed by atoms with E-state index in [2.05, 4.69) is 28.9 Å². The standard InChI is InChI=1S/C19H18BrNO2/c1-3-10-23-18-9-4-14(12-19(18)22-2)11-16(13-21)15-5-7-17(20)8-6-15/h4-9,11-12H,3,10H2,1-2H3/b16-11+. The first-order chi connectivity index (χ1) is 11.2. The van der Waals surface area contributed by atoms with Crippen molar-refractivity contribution in [1.82, 2.24) is 0 Å². The molecule has 2 rings (SSSR count). The highest BCUT2D eigenvalue weighted by atomic mass is 79.9. The number of hydrogen-bond acceptors (Lipinski definition) is 3. The van der Waals surface area contributed by atoms with Gasteiger partial charge in [0.15, 0.2) is 11.5 Å². The van der Waals surface area contributed by atoms with E-state index in [1.165, 1.54) is 0 Å². The molecule has 0 amide bonds. The number of nitrogens with zero attached hydrogens (tertiary/aromatic N) is 1. The van der Waals surface area contributed by atoms with Crippen LogP contribution in [-0.2, 0) is 0 Å². The van der Waals surface area contributed by atoms with Gasteiger partial charge in [0.05, 0.1) is 25.4 Å². The van der Waals surface area contributed by atoms with E-state index in [0.717, 1.165) is 22.0 Å². The van der Waals surface area contributed by atoms with Crippen LogP contribution in [0, 0.1) is 11.3 Å². The first-order valence-electron chi connectivity index (χ1n) is 7.36. The zero-order chi connectivity index (χ0) is 16.7. The van der Waals surface area contributed by atoms with Gasteiger partial charge >= 0.3 is 0 Å². The van der Waals surface area contributed by atoms with Crippen molar-refractivity contribution in [3.8, 4) is 17.6 Å². The van der Waals surface area contributed by atoms with Gasteiger partial charge in [-0.05, 0) is 47.9 Å².